The number of piperidine rings is 1. The zero-order valence-corrected chi connectivity index (χ0v) is 18.7. The van der Waals surface area contributed by atoms with Crippen LogP contribution in [0.15, 0.2) is 52.3 Å². The van der Waals surface area contributed by atoms with E-state index in [1.54, 1.807) is 33.8 Å². The van der Waals surface area contributed by atoms with Crippen molar-refractivity contribution in [3.63, 3.8) is 0 Å². The molecule has 1 aliphatic rings. The predicted octanol–water partition coefficient (Wildman–Crippen LogP) is 3.76. The smallest absolute Gasteiger partial charge is 0.245 e. The molecule has 1 fully saturated rings. The second kappa shape index (κ2) is 8.18. The van der Waals surface area contributed by atoms with Gasteiger partial charge in [0.25, 0.3) is 0 Å². The SMILES string of the molecule is O=S(=O)(c1cccc2nsnc12)N1CCC(c2nccn2CCc2ccsc2)CC1. The molecule has 156 valence electrons. The average molecular weight is 460 g/mol. The Balaban J connectivity index is 1.29. The lowest BCUT2D eigenvalue weighted by Gasteiger charge is -2.31. The summed E-state index contributed by atoms with van der Waals surface area (Å²) in [7, 11) is -3.59. The zero-order chi connectivity index (χ0) is 20.6. The molecule has 3 aromatic heterocycles. The van der Waals surface area contributed by atoms with Gasteiger partial charge in [0.1, 0.15) is 21.8 Å². The number of nitrogens with zero attached hydrogens (tertiary/aromatic N) is 5. The third kappa shape index (κ3) is 3.68. The van der Waals surface area contributed by atoms with Gasteiger partial charge < -0.3 is 4.57 Å². The molecule has 0 amide bonds. The first-order valence-electron chi connectivity index (χ1n) is 9.86. The second-order valence-electron chi connectivity index (χ2n) is 7.43. The number of aryl methyl sites for hydroxylation is 2. The van der Waals surface area contributed by atoms with Gasteiger partial charge in [-0.15, -0.1) is 0 Å². The highest BCUT2D eigenvalue weighted by Crippen LogP contribution is 2.32. The van der Waals surface area contributed by atoms with Gasteiger partial charge in [-0.2, -0.15) is 24.4 Å². The number of imidazole rings is 1. The van der Waals surface area contributed by atoms with Crippen molar-refractivity contribution < 1.29 is 8.42 Å². The first-order valence-corrected chi connectivity index (χ1v) is 13.0. The molecule has 1 aromatic carbocycles. The molecule has 30 heavy (non-hydrogen) atoms. The summed E-state index contributed by atoms with van der Waals surface area (Å²) in [6, 6.07) is 7.30. The van der Waals surface area contributed by atoms with Gasteiger partial charge in [0.15, 0.2) is 0 Å². The fraction of sp³-hybridized carbons (Fsp3) is 0.350. The zero-order valence-electron chi connectivity index (χ0n) is 16.2. The predicted molar refractivity (Wildman–Crippen MR) is 118 cm³/mol. The first-order chi connectivity index (χ1) is 14.6. The fourth-order valence-electron chi connectivity index (χ4n) is 4.04. The van der Waals surface area contributed by atoms with Crippen LogP contribution in [0.4, 0.5) is 0 Å². The summed E-state index contributed by atoms with van der Waals surface area (Å²) in [6.45, 7) is 1.86. The summed E-state index contributed by atoms with van der Waals surface area (Å²) in [6.07, 6.45) is 6.38. The van der Waals surface area contributed by atoms with Gasteiger partial charge in [-0.25, -0.2) is 13.4 Å². The Morgan fingerprint density at radius 2 is 2.00 bits per heavy atom. The Kier molecular flexibility index (Phi) is 5.40. The van der Waals surface area contributed by atoms with Gasteiger partial charge in [0.05, 0.1) is 11.7 Å². The standard InChI is InChI=1S/C20H21N5O2S3/c26-30(27,18-3-1-2-17-19(18)23-29-22-17)25-10-5-16(6-11-25)20-21-8-12-24(20)9-4-15-7-13-28-14-15/h1-3,7-8,12-14,16H,4-6,9-11H2. The van der Waals surface area contributed by atoms with Gasteiger partial charge in [-0.1, -0.05) is 6.07 Å². The normalized spacial score (nSPS) is 16.4. The van der Waals surface area contributed by atoms with E-state index in [0.717, 1.165) is 43.4 Å². The van der Waals surface area contributed by atoms with Crippen LogP contribution in [0.25, 0.3) is 11.0 Å². The van der Waals surface area contributed by atoms with Crippen molar-refractivity contribution in [2.45, 2.75) is 36.6 Å². The maximum absolute atomic E-state index is 13.2. The van der Waals surface area contributed by atoms with Gasteiger partial charge >= 0.3 is 0 Å². The van der Waals surface area contributed by atoms with Crippen molar-refractivity contribution >= 4 is 44.1 Å². The Morgan fingerprint density at radius 3 is 2.80 bits per heavy atom. The Morgan fingerprint density at radius 1 is 1.13 bits per heavy atom. The number of rotatable bonds is 6. The van der Waals surface area contributed by atoms with Gasteiger partial charge in [0, 0.05) is 37.9 Å². The number of sulfonamides is 1. The summed E-state index contributed by atoms with van der Waals surface area (Å²) in [5.41, 5.74) is 2.43. The summed E-state index contributed by atoms with van der Waals surface area (Å²) in [4.78, 5) is 4.85. The molecule has 0 spiro atoms. The molecular formula is C20H21N5O2S3. The van der Waals surface area contributed by atoms with E-state index in [4.69, 9.17) is 0 Å². The molecule has 7 nitrogen and oxygen atoms in total. The highest BCUT2D eigenvalue weighted by Gasteiger charge is 2.33. The Hall–Kier alpha value is -2.14. The molecule has 4 aromatic rings. The van der Waals surface area contributed by atoms with Crippen molar-refractivity contribution in [1.82, 2.24) is 22.6 Å². The lowest BCUT2D eigenvalue weighted by molar-refractivity contribution is 0.309. The Bertz CT molecular complexity index is 1240. The van der Waals surface area contributed by atoms with E-state index in [2.05, 4.69) is 35.1 Å². The number of aromatic nitrogens is 4. The fourth-order valence-corrected chi connectivity index (χ4v) is 6.96. The van der Waals surface area contributed by atoms with E-state index in [-0.39, 0.29) is 10.8 Å². The minimum Gasteiger partial charge on any atom is -0.334 e. The second-order valence-corrected chi connectivity index (χ2v) is 10.6. The summed E-state index contributed by atoms with van der Waals surface area (Å²) in [5.74, 6) is 1.33. The van der Waals surface area contributed by atoms with Crippen LogP contribution in [0.5, 0.6) is 0 Å². The number of hydrogen-bond acceptors (Lipinski definition) is 7. The number of benzene rings is 1. The molecular weight excluding hydrogens is 438 g/mol. The van der Waals surface area contributed by atoms with Gasteiger partial charge in [-0.05, 0) is 53.8 Å². The topological polar surface area (TPSA) is 81.0 Å². The molecule has 0 radical (unpaired) electrons. The molecule has 1 saturated heterocycles. The molecule has 0 atom stereocenters. The molecule has 10 heteroatoms. The largest absolute Gasteiger partial charge is 0.334 e. The summed E-state index contributed by atoms with van der Waals surface area (Å²) < 4.78 is 38.6. The van der Waals surface area contributed by atoms with Crippen LogP contribution in [0.2, 0.25) is 0 Å². The molecule has 0 aliphatic carbocycles. The molecule has 0 unspecified atom stereocenters. The third-order valence-electron chi connectivity index (χ3n) is 5.66. The Labute approximate surface area is 183 Å². The van der Waals surface area contributed by atoms with Crippen LogP contribution in [-0.2, 0) is 23.0 Å². The molecule has 0 bridgehead atoms. The van der Waals surface area contributed by atoms with Crippen LogP contribution in [0.3, 0.4) is 0 Å². The molecule has 4 heterocycles. The van der Waals surface area contributed by atoms with Crippen molar-refractivity contribution in [3.8, 4) is 0 Å². The molecule has 0 N–H and O–H groups in total. The third-order valence-corrected chi connectivity index (χ3v) is 8.86. The van der Waals surface area contributed by atoms with E-state index in [1.165, 1.54) is 5.56 Å². The van der Waals surface area contributed by atoms with Crippen molar-refractivity contribution in [2.24, 2.45) is 0 Å². The van der Waals surface area contributed by atoms with Crippen molar-refractivity contribution in [3.05, 3.63) is 58.8 Å². The number of fused-ring (bicyclic) bond motifs is 1. The van der Waals surface area contributed by atoms with Crippen molar-refractivity contribution in [1.29, 1.82) is 0 Å². The van der Waals surface area contributed by atoms with Gasteiger partial charge in [0.2, 0.25) is 10.0 Å². The minimum absolute atomic E-state index is 0.254. The van der Waals surface area contributed by atoms with E-state index in [1.807, 2.05) is 12.4 Å². The van der Waals surface area contributed by atoms with Crippen LogP contribution >= 0.6 is 23.1 Å². The van der Waals surface area contributed by atoms with Crippen LogP contribution in [0.1, 0.15) is 30.1 Å². The quantitative estimate of drug-likeness (QED) is 0.439. The highest BCUT2D eigenvalue weighted by atomic mass is 32.2. The molecule has 0 saturated carbocycles. The van der Waals surface area contributed by atoms with E-state index in [9.17, 15) is 8.42 Å². The maximum Gasteiger partial charge on any atom is 0.245 e. The van der Waals surface area contributed by atoms with Crippen LogP contribution < -0.4 is 0 Å². The van der Waals surface area contributed by atoms with E-state index in [0.29, 0.717) is 24.1 Å². The number of thiophene rings is 1. The van der Waals surface area contributed by atoms with Crippen molar-refractivity contribution in [2.75, 3.05) is 13.1 Å². The summed E-state index contributed by atoms with van der Waals surface area (Å²) in [5, 5.41) is 4.28. The van der Waals surface area contributed by atoms with Crippen LogP contribution in [0, 0.1) is 0 Å². The molecule has 5 rings (SSSR count). The average Bonchev–Trinajstić information content (AvgIpc) is 3.53. The minimum atomic E-state index is -3.59. The lowest BCUT2D eigenvalue weighted by Crippen LogP contribution is -2.38. The van der Waals surface area contributed by atoms with Crippen LogP contribution in [-0.4, -0.2) is 44.1 Å². The monoisotopic (exact) mass is 459 g/mol. The number of hydrogen-bond donors (Lipinski definition) is 0. The lowest BCUT2D eigenvalue weighted by atomic mass is 9.97. The molecule has 1 aliphatic heterocycles. The summed E-state index contributed by atoms with van der Waals surface area (Å²) >= 11 is 2.76. The van der Waals surface area contributed by atoms with E-state index >= 15 is 0 Å². The van der Waals surface area contributed by atoms with Gasteiger partial charge in [-0.3, -0.25) is 0 Å². The highest BCUT2D eigenvalue weighted by molar-refractivity contribution is 7.89. The first kappa shape index (κ1) is 19.8. The van der Waals surface area contributed by atoms with E-state index < -0.39 is 10.0 Å². The maximum atomic E-state index is 13.2.